The van der Waals surface area contributed by atoms with E-state index in [1.807, 2.05) is 56.3 Å². The summed E-state index contributed by atoms with van der Waals surface area (Å²) in [6.45, 7) is 4.76. The van der Waals surface area contributed by atoms with Gasteiger partial charge in [-0.3, -0.25) is 4.57 Å². The molecule has 4 nitrogen and oxygen atoms in total. The fourth-order valence-electron chi connectivity index (χ4n) is 2.38. The number of ether oxygens (including phenoxy) is 1. The minimum atomic E-state index is 0.234. The predicted molar refractivity (Wildman–Crippen MR) is 104 cm³/mol. The summed E-state index contributed by atoms with van der Waals surface area (Å²) in [5, 5.41) is 10.4. The van der Waals surface area contributed by atoms with E-state index in [-0.39, 0.29) is 6.10 Å². The molecule has 0 aliphatic carbocycles. The Hall–Kier alpha value is -1.82. The van der Waals surface area contributed by atoms with Crippen LogP contribution in [0.3, 0.4) is 0 Å². The van der Waals surface area contributed by atoms with Gasteiger partial charge in [0.2, 0.25) is 0 Å². The Morgan fingerprint density at radius 1 is 1.04 bits per heavy atom. The topological polar surface area (TPSA) is 39.9 Å². The molecule has 2 aromatic carbocycles. The normalized spacial score (nSPS) is 11.2. The maximum Gasteiger partial charge on any atom is 0.196 e. The Morgan fingerprint density at radius 3 is 2.44 bits per heavy atom. The van der Waals surface area contributed by atoms with Gasteiger partial charge in [0.05, 0.1) is 12.7 Å². The summed E-state index contributed by atoms with van der Waals surface area (Å²) in [6.07, 6.45) is 0.234. The van der Waals surface area contributed by atoms with E-state index >= 15 is 0 Å². The van der Waals surface area contributed by atoms with Crippen LogP contribution in [-0.4, -0.2) is 33.2 Å². The summed E-state index contributed by atoms with van der Waals surface area (Å²) in [5.41, 5.74) is 2.01. The number of hydrogen-bond acceptors (Lipinski definition) is 4. The van der Waals surface area contributed by atoms with Gasteiger partial charge >= 0.3 is 0 Å². The van der Waals surface area contributed by atoms with Crippen LogP contribution in [0, 0.1) is 0 Å². The van der Waals surface area contributed by atoms with Gasteiger partial charge in [0.15, 0.2) is 11.0 Å². The van der Waals surface area contributed by atoms with Crippen LogP contribution >= 0.6 is 23.4 Å². The summed E-state index contributed by atoms with van der Waals surface area (Å²) in [7, 11) is 0. The van der Waals surface area contributed by atoms with Crippen molar-refractivity contribution in [3.05, 3.63) is 59.6 Å². The van der Waals surface area contributed by atoms with Crippen molar-refractivity contribution in [3.63, 3.8) is 0 Å². The first-order valence-corrected chi connectivity index (χ1v) is 9.52. The monoisotopic (exact) mass is 373 g/mol. The molecule has 130 valence electrons. The number of aromatic nitrogens is 3. The van der Waals surface area contributed by atoms with E-state index in [0.717, 1.165) is 28.0 Å². The van der Waals surface area contributed by atoms with Crippen molar-refractivity contribution in [2.75, 3.05) is 12.4 Å². The van der Waals surface area contributed by atoms with Gasteiger partial charge in [0, 0.05) is 22.0 Å². The Labute approximate surface area is 157 Å². The molecule has 25 heavy (non-hydrogen) atoms. The zero-order chi connectivity index (χ0) is 17.6. The van der Waals surface area contributed by atoms with E-state index in [1.54, 1.807) is 11.8 Å². The van der Waals surface area contributed by atoms with Crippen LogP contribution in [0.1, 0.15) is 13.8 Å². The van der Waals surface area contributed by atoms with E-state index in [9.17, 15) is 0 Å². The average molecular weight is 374 g/mol. The number of thioether (sulfide) groups is 1. The van der Waals surface area contributed by atoms with E-state index in [1.165, 1.54) is 0 Å². The van der Waals surface area contributed by atoms with Crippen molar-refractivity contribution in [1.29, 1.82) is 0 Å². The SMILES string of the molecule is CC(C)OCCSc1nnc(-c2ccc(Cl)cc2)n1-c1ccccc1. The molecule has 0 N–H and O–H groups in total. The van der Waals surface area contributed by atoms with Gasteiger partial charge in [0.25, 0.3) is 0 Å². The number of nitrogens with zero attached hydrogens (tertiary/aromatic N) is 3. The van der Waals surface area contributed by atoms with Gasteiger partial charge in [-0.15, -0.1) is 10.2 Å². The molecule has 1 aromatic heterocycles. The van der Waals surface area contributed by atoms with E-state index in [4.69, 9.17) is 16.3 Å². The molecule has 0 saturated heterocycles. The lowest BCUT2D eigenvalue weighted by atomic mass is 10.2. The Balaban J connectivity index is 1.92. The standard InChI is InChI=1S/C19H20ClN3OS/c1-14(2)24-12-13-25-19-22-21-18(15-8-10-16(20)11-9-15)23(19)17-6-4-3-5-7-17/h3-11,14H,12-13H2,1-2H3. The van der Waals surface area contributed by atoms with Crippen molar-refractivity contribution in [3.8, 4) is 17.1 Å². The second kappa shape index (κ2) is 8.52. The average Bonchev–Trinajstić information content (AvgIpc) is 3.04. The van der Waals surface area contributed by atoms with Gasteiger partial charge in [-0.1, -0.05) is 41.6 Å². The molecule has 0 saturated carbocycles. The van der Waals surface area contributed by atoms with E-state index < -0.39 is 0 Å². The highest BCUT2D eigenvalue weighted by atomic mass is 35.5. The molecular formula is C19H20ClN3OS. The summed E-state index contributed by atoms with van der Waals surface area (Å²) in [4.78, 5) is 0. The number of para-hydroxylation sites is 1. The molecule has 0 amide bonds. The second-order valence-corrected chi connectivity index (χ2v) is 7.25. The first kappa shape index (κ1) is 18.0. The van der Waals surface area contributed by atoms with Crippen molar-refractivity contribution in [2.45, 2.75) is 25.1 Å². The molecule has 3 rings (SSSR count). The smallest absolute Gasteiger partial charge is 0.196 e. The van der Waals surface area contributed by atoms with Crippen molar-refractivity contribution in [2.24, 2.45) is 0 Å². The van der Waals surface area contributed by atoms with Crippen LogP contribution in [0.25, 0.3) is 17.1 Å². The quantitative estimate of drug-likeness (QED) is 0.426. The predicted octanol–water partition coefficient (Wildman–Crippen LogP) is 5.10. The first-order valence-electron chi connectivity index (χ1n) is 8.16. The van der Waals surface area contributed by atoms with Crippen LogP contribution in [0.15, 0.2) is 59.8 Å². The number of halogens is 1. The van der Waals surface area contributed by atoms with Crippen LogP contribution in [0.4, 0.5) is 0 Å². The summed E-state index contributed by atoms with van der Waals surface area (Å²) >= 11 is 7.65. The lowest BCUT2D eigenvalue weighted by molar-refractivity contribution is 0.0920. The summed E-state index contributed by atoms with van der Waals surface area (Å²) in [6, 6.07) is 17.8. The fourth-order valence-corrected chi connectivity index (χ4v) is 3.28. The molecule has 1 heterocycles. The maximum atomic E-state index is 6.01. The third-order valence-corrected chi connectivity index (χ3v) is 4.66. The third-order valence-electron chi connectivity index (χ3n) is 3.52. The summed E-state index contributed by atoms with van der Waals surface area (Å²) < 4.78 is 7.69. The van der Waals surface area contributed by atoms with Crippen LogP contribution in [-0.2, 0) is 4.74 Å². The molecular weight excluding hydrogens is 354 g/mol. The van der Waals surface area contributed by atoms with Gasteiger partial charge < -0.3 is 4.74 Å². The minimum Gasteiger partial charge on any atom is -0.378 e. The van der Waals surface area contributed by atoms with Gasteiger partial charge in [0.1, 0.15) is 0 Å². The molecule has 3 aromatic rings. The van der Waals surface area contributed by atoms with Crippen LogP contribution < -0.4 is 0 Å². The molecule has 0 bridgehead atoms. The molecule has 0 radical (unpaired) electrons. The number of benzene rings is 2. The Morgan fingerprint density at radius 2 is 1.76 bits per heavy atom. The number of rotatable bonds is 7. The third kappa shape index (κ3) is 4.63. The van der Waals surface area contributed by atoms with E-state index in [0.29, 0.717) is 11.6 Å². The molecule has 0 aliphatic rings. The first-order chi connectivity index (χ1) is 12.1. The molecule has 0 atom stereocenters. The Kier molecular flexibility index (Phi) is 6.13. The fraction of sp³-hybridized carbons (Fsp3) is 0.263. The lowest BCUT2D eigenvalue weighted by Gasteiger charge is -2.11. The second-order valence-electron chi connectivity index (χ2n) is 5.75. The summed E-state index contributed by atoms with van der Waals surface area (Å²) in [5.74, 6) is 1.62. The van der Waals surface area contributed by atoms with Gasteiger partial charge in [-0.05, 0) is 50.2 Å². The lowest BCUT2D eigenvalue weighted by Crippen LogP contribution is -2.06. The number of hydrogen-bond donors (Lipinski definition) is 0. The molecule has 0 aliphatic heterocycles. The molecule has 6 heteroatoms. The van der Waals surface area contributed by atoms with Gasteiger partial charge in [-0.25, -0.2) is 0 Å². The highest BCUT2D eigenvalue weighted by molar-refractivity contribution is 7.99. The zero-order valence-corrected chi connectivity index (χ0v) is 15.8. The van der Waals surface area contributed by atoms with Gasteiger partial charge in [-0.2, -0.15) is 0 Å². The van der Waals surface area contributed by atoms with Crippen molar-refractivity contribution < 1.29 is 4.74 Å². The largest absolute Gasteiger partial charge is 0.378 e. The van der Waals surface area contributed by atoms with Crippen LogP contribution in [0.2, 0.25) is 5.02 Å². The van der Waals surface area contributed by atoms with E-state index in [2.05, 4.69) is 26.9 Å². The van der Waals surface area contributed by atoms with Crippen LogP contribution in [0.5, 0.6) is 0 Å². The molecule has 0 spiro atoms. The van der Waals surface area contributed by atoms with Crippen molar-refractivity contribution >= 4 is 23.4 Å². The minimum absolute atomic E-state index is 0.234. The van der Waals surface area contributed by atoms with Crippen molar-refractivity contribution in [1.82, 2.24) is 14.8 Å². The maximum absolute atomic E-state index is 6.01. The highest BCUT2D eigenvalue weighted by Crippen LogP contribution is 2.28. The highest BCUT2D eigenvalue weighted by Gasteiger charge is 2.16. The molecule has 0 unspecified atom stereocenters. The molecule has 0 fully saturated rings. The Bertz CT molecular complexity index is 803. The zero-order valence-electron chi connectivity index (χ0n) is 14.2.